The minimum absolute atomic E-state index is 0.374. The molecule has 102 valence electrons. The van der Waals surface area contributed by atoms with E-state index >= 15 is 0 Å². The molecule has 4 heteroatoms. The summed E-state index contributed by atoms with van der Waals surface area (Å²) in [7, 11) is 0. The summed E-state index contributed by atoms with van der Waals surface area (Å²) in [5.41, 5.74) is 1.94. The van der Waals surface area contributed by atoms with Crippen LogP contribution in [0.15, 0.2) is 36.8 Å². The summed E-state index contributed by atoms with van der Waals surface area (Å²) in [4.78, 5) is 4.14. The Balaban J connectivity index is 2.00. The van der Waals surface area contributed by atoms with Gasteiger partial charge < -0.3 is 14.4 Å². The molecule has 1 aromatic carbocycles. The Morgan fingerprint density at radius 1 is 1.21 bits per heavy atom. The molecule has 0 aliphatic rings. The third kappa shape index (κ3) is 3.35. The van der Waals surface area contributed by atoms with Crippen molar-refractivity contribution in [1.82, 2.24) is 9.55 Å². The van der Waals surface area contributed by atoms with E-state index in [0.717, 1.165) is 17.0 Å². The lowest BCUT2D eigenvalue weighted by molar-refractivity contribution is 0.199. The van der Waals surface area contributed by atoms with Crippen LogP contribution in [0, 0.1) is 0 Å². The Labute approximate surface area is 113 Å². The smallest absolute Gasteiger partial charge is 0.130 e. The molecule has 0 aliphatic heterocycles. The van der Waals surface area contributed by atoms with Crippen molar-refractivity contribution in [3.8, 4) is 5.75 Å². The van der Waals surface area contributed by atoms with Gasteiger partial charge in [-0.2, -0.15) is 0 Å². The van der Waals surface area contributed by atoms with Gasteiger partial charge in [-0.05, 0) is 38.5 Å². The first-order chi connectivity index (χ1) is 9.08. The van der Waals surface area contributed by atoms with Crippen molar-refractivity contribution in [2.24, 2.45) is 0 Å². The lowest BCUT2D eigenvalue weighted by Crippen LogP contribution is -2.07. The number of nitrogens with zero attached hydrogens (tertiary/aromatic N) is 2. The molecule has 1 atom stereocenters. The van der Waals surface area contributed by atoms with E-state index in [1.165, 1.54) is 0 Å². The van der Waals surface area contributed by atoms with Gasteiger partial charge in [0.2, 0.25) is 0 Å². The molecule has 1 N–H and O–H groups in total. The first-order valence-corrected chi connectivity index (χ1v) is 6.49. The van der Waals surface area contributed by atoms with Crippen molar-refractivity contribution in [1.29, 1.82) is 0 Å². The van der Waals surface area contributed by atoms with Gasteiger partial charge in [0.25, 0.3) is 0 Å². The number of aromatic nitrogens is 2. The molecule has 0 saturated heterocycles. The highest BCUT2D eigenvalue weighted by atomic mass is 16.5. The number of ether oxygens (including phenoxy) is 1. The SMILES string of the molecule is CC(C)n1cncc1COc1ccc([C@H](C)O)cc1. The molecule has 0 spiro atoms. The zero-order valence-corrected chi connectivity index (χ0v) is 11.6. The van der Waals surface area contributed by atoms with Crippen molar-refractivity contribution in [2.45, 2.75) is 39.5 Å². The largest absolute Gasteiger partial charge is 0.487 e. The lowest BCUT2D eigenvalue weighted by atomic mass is 10.1. The van der Waals surface area contributed by atoms with E-state index in [1.807, 2.05) is 36.8 Å². The summed E-state index contributed by atoms with van der Waals surface area (Å²) in [6.45, 7) is 6.47. The van der Waals surface area contributed by atoms with E-state index in [0.29, 0.717) is 12.6 Å². The van der Waals surface area contributed by atoms with E-state index in [4.69, 9.17) is 4.74 Å². The van der Waals surface area contributed by atoms with Crippen molar-refractivity contribution in [3.63, 3.8) is 0 Å². The topological polar surface area (TPSA) is 47.3 Å². The fourth-order valence-electron chi connectivity index (χ4n) is 1.91. The molecule has 0 bridgehead atoms. The number of aliphatic hydroxyl groups excluding tert-OH is 1. The van der Waals surface area contributed by atoms with Gasteiger partial charge in [0.15, 0.2) is 0 Å². The van der Waals surface area contributed by atoms with Crippen molar-refractivity contribution >= 4 is 0 Å². The highest BCUT2D eigenvalue weighted by Gasteiger charge is 2.06. The second kappa shape index (κ2) is 5.89. The Hall–Kier alpha value is -1.81. The number of rotatable bonds is 5. The summed E-state index contributed by atoms with van der Waals surface area (Å²) >= 11 is 0. The van der Waals surface area contributed by atoms with Gasteiger partial charge >= 0.3 is 0 Å². The molecule has 0 saturated carbocycles. The van der Waals surface area contributed by atoms with Crippen LogP contribution in [0.2, 0.25) is 0 Å². The molecule has 2 rings (SSSR count). The fourth-order valence-corrected chi connectivity index (χ4v) is 1.91. The van der Waals surface area contributed by atoms with E-state index < -0.39 is 6.10 Å². The first-order valence-electron chi connectivity index (χ1n) is 6.49. The second-order valence-electron chi connectivity index (χ2n) is 4.92. The fraction of sp³-hybridized carbons (Fsp3) is 0.400. The van der Waals surface area contributed by atoms with Gasteiger partial charge in [-0.1, -0.05) is 12.1 Å². The third-order valence-corrected chi connectivity index (χ3v) is 3.05. The van der Waals surface area contributed by atoms with Crippen molar-refractivity contribution in [3.05, 3.63) is 48.0 Å². The average Bonchev–Trinajstić information content (AvgIpc) is 2.85. The number of hydrogen-bond donors (Lipinski definition) is 1. The van der Waals surface area contributed by atoms with Gasteiger partial charge in [-0.15, -0.1) is 0 Å². The number of hydrogen-bond acceptors (Lipinski definition) is 3. The highest BCUT2D eigenvalue weighted by molar-refractivity contribution is 5.28. The van der Waals surface area contributed by atoms with E-state index in [-0.39, 0.29) is 0 Å². The maximum absolute atomic E-state index is 9.44. The molecular formula is C15H20N2O2. The summed E-state index contributed by atoms with van der Waals surface area (Å²) < 4.78 is 7.82. The minimum atomic E-state index is -0.448. The van der Waals surface area contributed by atoms with Crippen molar-refractivity contribution in [2.75, 3.05) is 0 Å². The molecule has 0 aliphatic carbocycles. The van der Waals surface area contributed by atoms with Crippen LogP contribution in [0.1, 0.15) is 44.2 Å². The van der Waals surface area contributed by atoms with Crippen LogP contribution in [0.5, 0.6) is 5.75 Å². The zero-order valence-electron chi connectivity index (χ0n) is 11.6. The van der Waals surface area contributed by atoms with Crippen LogP contribution in [0.3, 0.4) is 0 Å². The van der Waals surface area contributed by atoms with Gasteiger partial charge in [0.05, 0.1) is 24.3 Å². The monoisotopic (exact) mass is 260 g/mol. The molecule has 0 radical (unpaired) electrons. The third-order valence-electron chi connectivity index (χ3n) is 3.05. The van der Waals surface area contributed by atoms with Gasteiger partial charge in [-0.3, -0.25) is 0 Å². The maximum Gasteiger partial charge on any atom is 0.130 e. The molecule has 19 heavy (non-hydrogen) atoms. The van der Waals surface area contributed by atoms with Crippen LogP contribution in [0.4, 0.5) is 0 Å². The van der Waals surface area contributed by atoms with Crippen LogP contribution >= 0.6 is 0 Å². The van der Waals surface area contributed by atoms with Crippen LogP contribution in [0.25, 0.3) is 0 Å². The first kappa shape index (κ1) is 13.6. The average molecular weight is 260 g/mol. The van der Waals surface area contributed by atoms with Gasteiger partial charge in [0.1, 0.15) is 12.4 Å². The van der Waals surface area contributed by atoms with E-state index in [1.54, 1.807) is 6.92 Å². The van der Waals surface area contributed by atoms with Crippen molar-refractivity contribution < 1.29 is 9.84 Å². The zero-order chi connectivity index (χ0) is 13.8. The lowest BCUT2D eigenvalue weighted by Gasteiger charge is -2.13. The highest BCUT2D eigenvalue weighted by Crippen LogP contribution is 2.18. The quantitative estimate of drug-likeness (QED) is 0.898. The summed E-state index contributed by atoms with van der Waals surface area (Å²) in [6, 6.07) is 7.87. The van der Waals surface area contributed by atoms with E-state index in [2.05, 4.69) is 23.4 Å². The van der Waals surface area contributed by atoms with Crippen LogP contribution in [-0.2, 0) is 6.61 Å². The summed E-state index contributed by atoms with van der Waals surface area (Å²) in [5, 5.41) is 9.44. The van der Waals surface area contributed by atoms with Gasteiger partial charge in [-0.25, -0.2) is 4.98 Å². The Kier molecular flexibility index (Phi) is 4.22. The molecule has 0 amide bonds. The van der Waals surface area contributed by atoms with E-state index in [9.17, 15) is 5.11 Å². The normalized spacial score (nSPS) is 12.7. The van der Waals surface area contributed by atoms with Crippen LogP contribution in [-0.4, -0.2) is 14.7 Å². The predicted octanol–water partition coefficient (Wildman–Crippen LogP) is 3.10. The predicted molar refractivity (Wildman–Crippen MR) is 74.0 cm³/mol. The molecule has 0 unspecified atom stereocenters. The minimum Gasteiger partial charge on any atom is -0.487 e. The molecule has 2 aromatic rings. The number of benzene rings is 1. The Morgan fingerprint density at radius 2 is 1.89 bits per heavy atom. The Morgan fingerprint density at radius 3 is 2.47 bits per heavy atom. The molecule has 4 nitrogen and oxygen atoms in total. The molecule has 1 heterocycles. The summed E-state index contributed by atoms with van der Waals surface area (Å²) in [6.07, 6.45) is 3.20. The molecule has 1 aromatic heterocycles. The standard InChI is InChI=1S/C15H20N2O2/c1-11(2)17-10-16-8-14(17)9-19-15-6-4-13(5-7-15)12(3)18/h4-8,10-12,18H,9H2,1-3H3/t12-/m0/s1. The summed E-state index contributed by atoms with van der Waals surface area (Å²) in [5.74, 6) is 0.793. The van der Waals surface area contributed by atoms with Gasteiger partial charge in [0, 0.05) is 6.04 Å². The number of aliphatic hydroxyl groups is 1. The van der Waals surface area contributed by atoms with Crippen LogP contribution < -0.4 is 4.74 Å². The number of imidazole rings is 1. The molecular weight excluding hydrogens is 240 g/mol. The Bertz CT molecular complexity index is 515. The second-order valence-corrected chi connectivity index (χ2v) is 4.92. The molecule has 0 fully saturated rings. The maximum atomic E-state index is 9.44.